The lowest BCUT2D eigenvalue weighted by Gasteiger charge is -2.18. The number of carbonyl (C=O) groups is 2. The van der Waals surface area contributed by atoms with Crippen LogP contribution in [0.25, 0.3) is 0 Å². The average Bonchev–Trinajstić information content (AvgIpc) is 2.66. The van der Waals surface area contributed by atoms with E-state index >= 15 is 0 Å². The van der Waals surface area contributed by atoms with Crippen LogP contribution in [0, 0.1) is 12.8 Å². The molecule has 0 bridgehead atoms. The first-order valence-electron chi connectivity index (χ1n) is 6.07. The SMILES string of the molecule is Cc1c(CNC(=O)NC(C)C(C)C(=O)O)cnn1C. The summed E-state index contributed by atoms with van der Waals surface area (Å²) in [4.78, 5) is 22.4. The van der Waals surface area contributed by atoms with Gasteiger partial charge < -0.3 is 15.7 Å². The Labute approximate surface area is 112 Å². The van der Waals surface area contributed by atoms with Gasteiger partial charge in [-0.1, -0.05) is 0 Å². The zero-order valence-corrected chi connectivity index (χ0v) is 11.6. The van der Waals surface area contributed by atoms with Crippen molar-refractivity contribution in [1.29, 1.82) is 0 Å². The lowest BCUT2D eigenvalue weighted by Crippen LogP contribution is -2.45. The molecule has 19 heavy (non-hydrogen) atoms. The van der Waals surface area contributed by atoms with E-state index in [1.165, 1.54) is 0 Å². The van der Waals surface area contributed by atoms with Gasteiger partial charge in [0.2, 0.25) is 0 Å². The Balaban J connectivity index is 2.44. The zero-order valence-electron chi connectivity index (χ0n) is 11.6. The third-order valence-corrected chi connectivity index (χ3v) is 3.27. The summed E-state index contributed by atoms with van der Waals surface area (Å²) < 4.78 is 1.73. The molecule has 7 heteroatoms. The molecule has 7 nitrogen and oxygen atoms in total. The largest absolute Gasteiger partial charge is 0.481 e. The van der Waals surface area contributed by atoms with Crippen molar-refractivity contribution in [2.75, 3.05) is 0 Å². The van der Waals surface area contributed by atoms with Crippen molar-refractivity contribution in [2.24, 2.45) is 13.0 Å². The smallest absolute Gasteiger partial charge is 0.315 e. The minimum Gasteiger partial charge on any atom is -0.481 e. The molecular formula is C12H20N4O3. The van der Waals surface area contributed by atoms with Crippen molar-refractivity contribution in [2.45, 2.75) is 33.4 Å². The van der Waals surface area contributed by atoms with Crippen molar-refractivity contribution >= 4 is 12.0 Å². The highest BCUT2D eigenvalue weighted by Gasteiger charge is 2.20. The Morgan fingerprint density at radius 3 is 2.58 bits per heavy atom. The second-order valence-electron chi connectivity index (χ2n) is 4.62. The number of carboxylic acids is 1. The molecular weight excluding hydrogens is 248 g/mol. The van der Waals surface area contributed by atoms with E-state index in [1.54, 1.807) is 24.7 Å². The summed E-state index contributed by atoms with van der Waals surface area (Å²) in [5.74, 6) is -1.57. The van der Waals surface area contributed by atoms with Crippen LogP contribution in [-0.4, -0.2) is 32.9 Å². The number of carboxylic acid groups (broad SMARTS) is 1. The molecule has 0 aliphatic heterocycles. The molecule has 106 valence electrons. The maximum absolute atomic E-state index is 11.6. The fourth-order valence-electron chi connectivity index (χ4n) is 1.49. The van der Waals surface area contributed by atoms with E-state index in [0.29, 0.717) is 6.54 Å². The van der Waals surface area contributed by atoms with Gasteiger partial charge in [-0.3, -0.25) is 9.48 Å². The van der Waals surface area contributed by atoms with Crippen LogP contribution in [0.3, 0.4) is 0 Å². The van der Waals surface area contributed by atoms with Crippen LogP contribution >= 0.6 is 0 Å². The molecule has 2 atom stereocenters. The number of nitrogens with one attached hydrogen (secondary N) is 2. The van der Waals surface area contributed by atoms with Crippen LogP contribution in [0.4, 0.5) is 4.79 Å². The standard InChI is InChI=1S/C12H20N4O3/c1-7(11(17)18)8(2)15-12(19)13-5-10-6-14-16(4)9(10)3/h6-8H,5H2,1-4H3,(H,17,18)(H2,13,15,19). The zero-order chi connectivity index (χ0) is 14.6. The Hall–Kier alpha value is -2.05. The summed E-state index contributed by atoms with van der Waals surface area (Å²) in [6.45, 7) is 5.49. The van der Waals surface area contributed by atoms with Crippen LogP contribution < -0.4 is 10.6 Å². The summed E-state index contributed by atoms with van der Waals surface area (Å²) in [5.41, 5.74) is 1.91. The van der Waals surface area contributed by atoms with E-state index in [0.717, 1.165) is 11.3 Å². The van der Waals surface area contributed by atoms with Gasteiger partial charge in [-0.2, -0.15) is 5.10 Å². The minimum absolute atomic E-state index is 0.361. The maximum Gasteiger partial charge on any atom is 0.315 e. The third-order valence-electron chi connectivity index (χ3n) is 3.27. The predicted octanol–water partition coefficient (Wildman–Crippen LogP) is 0.637. The van der Waals surface area contributed by atoms with Gasteiger partial charge in [-0.15, -0.1) is 0 Å². The van der Waals surface area contributed by atoms with Crippen molar-refractivity contribution in [3.8, 4) is 0 Å². The van der Waals surface area contributed by atoms with Gasteiger partial charge >= 0.3 is 12.0 Å². The molecule has 0 fully saturated rings. The van der Waals surface area contributed by atoms with Crippen LogP contribution in [0.5, 0.6) is 0 Å². The highest BCUT2D eigenvalue weighted by molar-refractivity contribution is 5.76. The number of aryl methyl sites for hydroxylation is 1. The molecule has 0 radical (unpaired) electrons. The van der Waals surface area contributed by atoms with Gasteiger partial charge in [-0.25, -0.2) is 4.79 Å². The number of carbonyl (C=O) groups excluding carboxylic acids is 1. The first-order valence-corrected chi connectivity index (χ1v) is 6.07. The number of aliphatic carboxylic acids is 1. The second-order valence-corrected chi connectivity index (χ2v) is 4.62. The fraction of sp³-hybridized carbons (Fsp3) is 0.583. The van der Waals surface area contributed by atoms with Crippen molar-refractivity contribution in [1.82, 2.24) is 20.4 Å². The molecule has 0 saturated heterocycles. The molecule has 2 unspecified atom stereocenters. The number of nitrogens with zero attached hydrogens (tertiary/aromatic N) is 2. The normalized spacial score (nSPS) is 13.7. The van der Waals surface area contributed by atoms with E-state index in [2.05, 4.69) is 15.7 Å². The molecule has 3 N–H and O–H groups in total. The van der Waals surface area contributed by atoms with Gasteiger partial charge in [0.15, 0.2) is 0 Å². The van der Waals surface area contributed by atoms with E-state index in [9.17, 15) is 9.59 Å². The van der Waals surface area contributed by atoms with Crippen LogP contribution in [0.1, 0.15) is 25.1 Å². The van der Waals surface area contributed by atoms with Crippen molar-refractivity contribution < 1.29 is 14.7 Å². The lowest BCUT2D eigenvalue weighted by molar-refractivity contribution is -0.141. The highest BCUT2D eigenvalue weighted by Crippen LogP contribution is 2.05. The predicted molar refractivity (Wildman–Crippen MR) is 69.6 cm³/mol. The van der Waals surface area contributed by atoms with Crippen LogP contribution in [0.2, 0.25) is 0 Å². The minimum atomic E-state index is -0.934. The molecule has 0 aromatic carbocycles. The van der Waals surface area contributed by atoms with E-state index in [4.69, 9.17) is 5.11 Å². The number of amides is 2. The fourth-order valence-corrected chi connectivity index (χ4v) is 1.49. The number of aromatic nitrogens is 2. The van der Waals surface area contributed by atoms with E-state index < -0.39 is 17.9 Å². The molecule has 1 rings (SSSR count). The second kappa shape index (κ2) is 6.21. The Kier molecular flexibility index (Phi) is 4.91. The summed E-state index contributed by atoms with van der Waals surface area (Å²) >= 11 is 0. The first kappa shape index (κ1) is 15.0. The van der Waals surface area contributed by atoms with Gasteiger partial charge in [-0.05, 0) is 20.8 Å². The maximum atomic E-state index is 11.6. The summed E-state index contributed by atoms with van der Waals surface area (Å²) in [6, 6.07) is -0.823. The Morgan fingerprint density at radius 2 is 2.11 bits per heavy atom. The van der Waals surface area contributed by atoms with Crippen LogP contribution in [0.15, 0.2) is 6.20 Å². The number of hydrogen-bond donors (Lipinski definition) is 3. The summed E-state index contributed by atoms with van der Waals surface area (Å²) in [6.07, 6.45) is 1.69. The average molecular weight is 268 g/mol. The number of rotatable bonds is 5. The number of hydrogen-bond acceptors (Lipinski definition) is 3. The van der Waals surface area contributed by atoms with Gasteiger partial charge in [0.1, 0.15) is 0 Å². The van der Waals surface area contributed by atoms with Gasteiger partial charge in [0, 0.05) is 30.9 Å². The van der Waals surface area contributed by atoms with E-state index in [-0.39, 0.29) is 6.03 Å². The van der Waals surface area contributed by atoms with Gasteiger partial charge in [0.05, 0.1) is 12.1 Å². The molecule has 0 spiro atoms. The molecule has 1 aromatic heterocycles. The quantitative estimate of drug-likeness (QED) is 0.730. The Bertz CT molecular complexity index is 470. The monoisotopic (exact) mass is 268 g/mol. The molecule has 0 aliphatic rings. The van der Waals surface area contributed by atoms with Crippen LogP contribution in [-0.2, 0) is 18.4 Å². The Morgan fingerprint density at radius 1 is 1.47 bits per heavy atom. The third kappa shape index (κ3) is 3.97. The van der Waals surface area contributed by atoms with Crippen molar-refractivity contribution in [3.63, 3.8) is 0 Å². The molecule has 0 saturated carbocycles. The summed E-state index contributed by atoms with van der Waals surface area (Å²) in [7, 11) is 1.83. The lowest BCUT2D eigenvalue weighted by atomic mass is 10.0. The molecule has 1 heterocycles. The molecule has 1 aromatic rings. The highest BCUT2D eigenvalue weighted by atomic mass is 16.4. The van der Waals surface area contributed by atoms with E-state index in [1.807, 2.05) is 14.0 Å². The summed E-state index contributed by atoms with van der Waals surface area (Å²) in [5, 5.41) is 18.2. The van der Waals surface area contributed by atoms with Crippen molar-refractivity contribution in [3.05, 3.63) is 17.5 Å². The first-order chi connectivity index (χ1) is 8.82. The van der Waals surface area contributed by atoms with Gasteiger partial charge in [0.25, 0.3) is 0 Å². The number of urea groups is 1. The topological polar surface area (TPSA) is 96.2 Å². The molecule has 0 aliphatic carbocycles. The molecule has 2 amide bonds.